The zero-order valence-electron chi connectivity index (χ0n) is 4.41. The van der Waals surface area contributed by atoms with Gasteiger partial charge >= 0.3 is 103 Å². The average molecular weight is 246 g/mol. The number of hydrogen-bond acceptors (Lipinski definition) is 0. The van der Waals surface area contributed by atoms with E-state index in [1.807, 2.05) is 0 Å². The van der Waals surface area contributed by atoms with Crippen molar-refractivity contribution in [3.8, 4) is 0 Å². The molecule has 0 saturated heterocycles. The summed E-state index contributed by atoms with van der Waals surface area (Å²) in [5, 5.41) is 0. The van der Waals surface area contributed by atoms with Gasteiger partial charge in [0.1, 0.15) is 0 Å². The standard InChI is InChI=1S/2K.Mo.4H2O/h;;;4*1H2/q2*+1;;;;;. The summed E-state index contributed by atoms with van der Waals surface area (Å²) in [5.74, 6) is 0. The molecule has 0 aromatic rings. The molecule has 0 amide bonds. The van der Waals surface area contributed by atoms with Crippen molar-refractivity contribution in [2.45, 2.75) is 0 Å². The Morgan fingerprint density at radius 3 is 0.429 bits per heavy atom. The van der Waals surface area contributed by atoms with Crippen LogP contribution in [0.5, 0.6) is 0 Å². The molecule has 7 heavy (non-hydrogen) atoms. The third-order valence-corrected chi connectivity index (χ3v) is 0. The topological polar surface area (TPSA) is 126 Å². The maximum Gasteiger partial charge on any atom is 1.00 e. The minimum atomic E-state index is 0. The fourth-order valence-electron chi connectivity index (χ4n) is 0. The molecule has 8 N–H and O–H groups in total. The van der Waals surface area contributed by atoms with Crippen LogP contribution in [0.1, 0.15) is 0 Å². The van der Waals surface area contributed by atoms with E-state index < -0.39 is 0 Å². The minimum Gasteiger partial charge on any atom is -0.412 e. The molecule has 0 rings (SSSR count). The molecule has 38 valence electrons. The Morgan fingerprint density at radius 1 is 0.429 bits per heavy atom. The van der Waals surface area contributed by atoms with Gasteiger partial charge in [-0.15, -0.1) is 0 Å². The Labute approximate surface area is 142 Å². The van der Waals surface area contributed by atoms with Gasteiger partial charge < -0.3 is 21.9 Å². The van der Waals surface area contributed by atoms with E-state index in [-0.39, 0.29) is 146 Å². The number of hydrogen-bond donors (Lipinski definition) is 0. The van der Waals surface area contributed by atoms with Crippen LogP contribution in [0.15, 0.2) is 0 Å². The molecule has 0 aliphatic rings. The summed E-state index contributed by atoms with van der Waals surface area (Å²) in [6.07, 6.45) is 0. The molecule has 0 heterocycles. The maximum absolute atomic E-state index is 0. The Kier molecular flexibility index (Phi) is 539. The molecule has 0 saturated carbocycles. The van der Waals surface area contributed by atoms with Crippen molar-refractivity contribution >= 4 is 0 Å². The summed E-state index contributed by atoms with van der Waals surface area (Å²) in [6, 6.07) is 0. The molecule has 0 aliphatic heterocycles. The summed E-state index contributed by atoms with van der Waals surface area (Å²) in [4.78, 5) is 0. The summed E-state index contributed by atoms with van der Waals surface area (Å²) >= 11 is 0. The van der Waals surface area contributed by atoms with E-state index in [1.165, 1.54) is 0 Å². The van der Waals surface area contributed by atoms with Gasteiger partial charge in [0, 0.05) is 21.1 Å². The zero-order chi connectivity index (χ0) is 0. The molecular weight excluding hydrogens is 238 g/mol. The van der Waals surface area contributed by atoms with Gasteiger partial charge in [-0.1, -0.05) is 0 Å². The molecule has 0 aromatic heterocycles. The number of rotatable bonds is 0. The van der Waals surface area contributed by atoms with E-state index in [0.717, 1.165) is 0 Å². The molecular formula is H8K2MoO4+2. The molecule has 0 radical (unpaired) electrons. The molecule has 0 aliphatic carbocycles. The van der Waals surface area contributed by atoms with E-state index >= 15 is 0 Å². The fourth-order valence-corrected chi connectivity index (χ4v) is 0. The van der Waals surface area contributed by atoms with Crippen molar-refractivity contribution in [3.05, 3.63) is 0 Å². The quantitative estimate of drug-likeness (QED) is 0.376. The first-order valence-electron chi connectivity index (χ1n) is 0. The van der Waals surface area contributed by atoms with Gasteiger partial charge in [-0.25, -0.2) is 0 Å². The fraction of sp³-hybridized carbons (Fsp3) is 0. The molecule has 0 bridgehead atoms. The van der Waals surface area contributed by atoms with Crippen molar-refractivity contribution < 1.29 is 146 Å². The van der Waals surface area contributed by atoms with Crippen molar-refractivity contribution in [2.75, 3.05) is 0 Å². The smallest absolute Gasteiger partial charge is 0.412 e. The second-order valence-corrected chi connectivity index (χ2v) is 0. The molecule has 0 aromatic carbocycles. The first-order valence-corrected chi connectivity index (χ1v) is 0. The van der Waals surface area contributed by atoms with Crippen LogP contribution < -0.4 is 103 Å². The average Bonchev–Trinajstić information content (AvgIpc) is 0. The van der Waals surface area contributed by atoms with Crippen LogP contribution in [0.2, 0.25) is 0 Å². The first-order chi connectivity index (χ1) is 0. The molecule has 0 spiro atoms. The third kappa shape index (κ3) is 41.3. The Balaban J connectivity index is 0. The van der Waals surface area contributed by atoms with Crippen molar-refractivity contribution in [1.82, 2.24) is 0 Å². The van der Waals surface area contributed by atoms with Crippen molar-refractivity contribution in [3.63, 3.8) is 0 Å². The molecule has 0 unspecified atom stereocenters. The van der Waals surface area contributed by atoms with Gasteiger partial charge in [-0.3, -0.25) is 0 Å². The second-order valence-electron chi connectivity index (χ2n) is 0. The van der Waals surface area contributed by atoms with E-state index in [9.17, 15) is 0 Å². The van der Waals surface area contributed by atoms with E-state index in [4.69, 9.17) is 0 Å². The molecule has 4 nitrogen and oxygen atoms in total. The first kappa shape index (κ1) is 71.8. The van der Waals surface area contributed by atoms with Crippen LogP contribution in [0.4, 0.5) is 0 Å². The predicted octanol–water partition coefficient (Wildman–Crippen LogP) is -9.29. The molecule has 0 atom stereocenters. The van der Waals surface area contributed by atoms with Crippen molar-refractivity contribution in [1.29, 1.82) is 0 Å². The Morgan fingerprint density at radius 2 is 0.429 bits per heavy atom. The van der Waals surface area contributed by atoms with Crippen LogP contribution in [0.25, 0.3) is 0 Å². The normalized spacial score (nSPS) is 0. The SMILES string of the molecule is O.O.O.O.[K+].[K+].[Mo]. The van der Waals surface area contributed by atoms with Crippen LogP contribution in [-0.4, -0.2) is 21.9 Å². The summed E-state index contributed by atoms with van der Waals surface area (Å²) < 4.78 is 0. The monoisotopic (exact) mass is 248 g/mol. The summed E-state index contributed by atoms with van der Waals surface area (Å²) in [5.41, 5.74) is 0. The van der Waals surface area contributed by atoms with Crippen LogP contribution in [0.3, 0.4) is 0 Å². The van der Waals surface area contributed by atoms with Crippen LogP contribution in [-0.2, 0) is 21.1 Å². The summed E-state index contributed by atoms with van der Waals surface area (Å²) in [7, 11) is 0. The Bertz CT molecular complexity index is 9.65. The molecule has 0 fully saturated rings. The van der Waals surface area contributed by atoms with Crippen LogP contribution >= 0.6 is 0 Å². The zero-order valence-corrected chi connectivity index (χ0v) is 12.7. The van der Waals surface area contributed by atoms with Gasteiger partial charge in [-0.05, 0) is 0 Å². The van der Waals surface area contributed by atoms with Crippen LogP contribution in [0, 0.1) is 0 Å². The predicted molar refractivity (Wildman–Crippen MR) is 14.5 cm³/mol. The van der Waals surface area contributed by atoms with Gasteiger partial charge in [-0.2, -0.15) is 0 Å². The minimum absolute atomic E-state index is 0. The van der Waals surface area contributed by atoms with Gasteiger partial charge in [0.15, 0.2) is 0 Å². The van der Waals surface area contributed by atoms with Gasteiger partial charge in [0.05, 0.1) is 0 Å². The second kappa shape index (κ2) is 52.5. The van der Waals surface area contributed by atoms with Gasteiger partial charge in [0.2, 0.25) is 0 Å². The molecule has 7 heteroatoms. The summed E-state index contributed by atoms with van der Waals surface area (Å²) in [6.45, 7) is 0. The Hall–Kier alpha value is 3.80. The largest absolute Gasteiger partial charge is 1.00 e. The van der Waals surface area contributed by atoms with E-state index in [1.54, 1.807) is 0 Å². The van der Waals surface area contributed by atoms with Crippen molar-refractivity contribution in [2.24, 2.45) is 0 Å². The van der Waals surface area contributed by atoms with E-state index in [2.05, 4.69) is 0 Å². The van der Waals surface area contributed by atoms with E-state index in [0.29, 0.717) is 0 Å². The third-order valence-electron chi connectivity index (χ3n) is 0. The maximum atomic E-state index is 0. The van der Waals surface area contributed by atoms with Gasteiger partial charge in [0.25, 0.3) is 0 Å².